The van der Waals surface area contributed by atoms with Gasteiger partial charge in [-0.25, -0.2) is 4.98 Å². The van der Waals surface area contributed by atoms with Crippen molar-refractivity contribution >= 4 is 11.5 Å². The Bertz CT molecular complexity index is 253. The first-order valence-electron chi connectivity index (χ1n) is 2.61. The van der Waals surface area contributed by atoms with Crippen LogP contribution in [-0.4, -0.2) is 24.8 Å². The number of H-pyrrole nitrogens is 1. The maximum Gasteiger partial charge on any atom is 0.203 e. The Morgan fingerprint density at radius 1 is 1.50 bits per heavy atom. The van der Waals surface area contributed by atoms with Gasteiger partial charge in [0.1, 0.15) is 0 Å². The van der Waals surface area contributed by atoms with E-state index in [1.807, 2.05) is 0 Å². The summed E-state index contributed by atoms with van der Waals surface area (Å²) in [5, 5.41) is 7.87. The Morgan fingerprint density at radius 2 is 2.50 bits per heavy atom. The molecule has 0 aliphatic rings. The molecule has 50 valence electrons. The highest BCUT2D eigenvalue weighted by Gasteiger charge is 2.02. The van der Waals surface area contributed by atoms with Gasteiger partial charge in [-0.2, -0.15) is 0 Å². The van der Waals surface area contributed by atoms with Crippen LogP contribution in [0, 0.1) is 0 Å². The van der Waals surface area contributed by atoms with Crippen molar-refractivity contribution in [1.29, 1.82) is 0 Å². The average molecular weight is 153 g/mol. The fourth-order valence-corrected chi connectivity index (χ4v) is 1.03. The summed E-state index contributed by atoms with van der Waals surface area (Å²) in [5.41, 5.74) is 0. The van der Waals surface area contributed by atoms with E-state index in [2.05, 4.69) is 24.8 Å². The van der Waals surface area contributed by atoms with Gasteiger partial charge in [-0.3, -0.25) is 0 Å². The highest BCUT2D eigenvalue weighted by molar-refractivity contribution is 7.08. The molecule has 0 saturated carbocycles. The first kappa shape index (κ1) is 5.48. The molecule has 10 heavy (non-hydrogen) atoms. The summed E-state index contributed by atoms with van der Waals surface area (Å²) < 4.78 is 3.60. The maximum absolute atomic E-state index is 3.97. The topological polar surface area (TPSA) is 67.3 Å². The van der Waals surface area contributed by atoms with Crippen LogP contribution in [0.2, 0.25) is 0 Å². The molecule has 0 radical (unpaired) electrons. The van der Waals surface area contributed by atoms with Gasteiger partial charge in [0.2, 0.25) is 5.01 Å². The average Bonchev–Trinajstić information content (AvgIpc) is 2.59. The van der Waals surface area contributed by atoms with Gasteiger partial charge in [-0.05, 0) is 5.21 Å². The molecule has 0 fully saturated rings. The van der Waals surface area contributed by atoms with Crippen molar-refractivity contribution < 1.29 is 0 Å². The van der Waals surface area contributed by atoms with Gasteiger partial charge in [0.05, 0.1) is 0 Å². The van der Waals surface area contributed by atoms with E-state index >= 15 is 0 Å². The van der Waals surface area contributed by atoms with Crippen LogP contribution in [0.25, 0.3) is 10.8 Å². The minimum atomic E-state index is 0.713. The summed E-state index contributed by atoms with van der Waals surface area (Å²) in [7, 11) is 0. The lowest BCUT2D eigenvalue weighted by Crippen LogP contribution is -1.77. The van der Waals surface area contributed by atoms with E-state index in [0.717, 1.165) is 5.82 Å². The lowest BCUT2D eigenvalue weighted by atomic mass is 10.7. The van der Waals surface area contributed by atoms with Crippen molar-refractivity contribution in [3.8, 4) is 10.8 Å². The molecule has 5 nitrogen and oxygen atoms in total. The Kier molecular flexibility index (Phi) is 1.17. The Balaban J connectivity index is 2.48. The minimum Gasteiger partial charge on any atom is -0.343 e. The van der Waals surface area contributed by atoms with E-state index in [4.69, 9.17) is 0 Å². The monoisotopic (exact) mass is 153 g/mol. The fourth-order valence-electron chi connectivity index (χ4n) is 0.607. The molecule has 6 heteroatoms. The highest BCUT2D eigenvalue weighted by Crippen LogP contribution is 2.11. The number of hydrogen-bond acceptors (Lipinski definition) is 5. The third-order valence-electron chi connectivity index (χ3n) is 1.00. The van der Waals surface area contributed by atoms with Crippen molar-refractivity contribution in [3.63, 3.8) is 0 Å². The van der Waals surface area contributed by atoms with Gasteiger partial charge in [0, 0.05) is 23.9 Å². The number of aromatic amines is 1. The van der Waals surface area contributed by atoms with E-state index in [1.54, 1.807) is 12.4 Å². The quantitative estimate of drug-likeness (QED) is 0.640. The van der Waals surface area contributed by atoms with E-state index < -0.39 is 0 Å². The lowest BCUT2D eigenvalue weighted by molar-refractivity contribution is 0.957. The van der Waals surface area contributed by atoms with E-state index in [1.165, 1.54) is 11.5 Å². The van der Waals surface area contributed by atoms with Crippen molar-refractivity contribution in [2.45, 2.75) is 0 Å². The number of hydrogen-bond donors (Lipinski definition) is 1. The smallest absolute Gasteiger partial charge is 0.203 e. The molecule has 0 atom stereocenters. The number of nitrogens with zero attached hydrogens (tertiary/aromatic N) is 4. The van der Waals surface area contributed by atoms with Crippen molar-refractivity contribution in [2.24, 2.45) is 0 Å². The molecule has 2 aromatic rings. The molecule has 2 rings (SSSR count). The molecule has 0 aliphatic heterocycles. The molecule has 2 aromatic heterocycles. The molecule has 1 N–H and O–H groups in total. The van der Waals surface area contributed by atoms with Crippen LogP contribution in [-0.2, 0) is 0 Å². The molecular weight excluding hydrogens is 150 g/mol. The van der Waals surface area contributed by atoms with Crippen LogP contribution >= 0.6 is 11.5 Å². The largest absolute Gasteiger partial charge is 0.343 e. The van der Waals surface area contributed by atoms with Gasteiger partial charge >= 0.3 is 0 Å². The number of imidazole rings is 1. The first-order chi connectivity index (χ1) is 4.97. The SMILES string of the molecule is c1c[nH]c(-c2nnns2)n1. The van der Waals surface area contributed by atoms with Gasteiger partial charge in [-0.1, -0.05) is 4.49 Å². The van der Waals surface area contributed by atoms with Crippen LogP contribution in [0.5, 0.6) is 0 Å². The van der Waals surface area contributed by atoms with Gasteiger partial charge in [0.15, 0.2) is 5.82 Å². The number of rotatable bonds is 1. The zero-order valence-corrected chi connectivity index (χ0v) is 5.67. The van der Waals surface area contributed by atoms with Crippen LogP contribution in [0.1, 0.15) is 0 Å². The summed E-state index contributed by atoms with van der Waals surface area (Å²) in [6.07, 6.45) is 3.40. The molecule has 0 saturated heterocycles. The predicted octanol–water partition coefficient (Wildman–Crippen LogP) is 0.323. The number of aromatic nitrogens is 5. The van der Waals surface area contributed by atoms with E-state index in [9.17, 15) is 0 Å². The molecule has 0 bridgehead atoms. The van der Waals surface area contributed by atoms with Crippen molar-refractivity contribution in [3.05, 3.63) is 12.4 Å². The summed E-state index contributed by atoms with van der Waals surface area (Å²) in [4.78, 5) is 6.87. The standard InChI is InChI=1S/C4H3N5S/c1-2-6-3(5-1)4-7-8-9-10-4/h1-2H,(H,5,6). The normalized spacial score (nSPS) is 10.0. The molecule has 0 unspecified atom stereocenters. The molecule has 2 heterocycles. The Hall–Kier alpha value is -1.30. The summed E-state index contributed by atoms with van der Waals surface area (Å²) in [5.74, 6) is 0.718. The molecule has 0 aromatic carbocycles. The minimum absolute atomic E-state index is 0.713. The van der Waals surface area contributed by atoms with Crippen LogP contribution in [0.15, 0.2) is 12.4 Å². The molecule has 0 amide bonds. The Morgan fingerprint density at radius 3 is 3.10 bits per heavy atom. The molecular formula is C4H3N5S. The third kappa shape index (κ3) is 0.781. The van der Waals surface area contributed by atoms with Gasteiger partial charge < -0.3 is 4.98 Å². The fraction of sp³-hybridized carbons (Fsp3) is 0. The second-order valence-electron chi connectivity index (χ2n) is 1.61. The molecule has 0 aliphatic carbocycles. The summed E-state index contributed by atoms with van der Waals surface area (Å²) in [6.45, 7) is 0. The van der Waals surface area contributed by atoms with Crippen molar-refractivity contribution in [1.82, 2.24) is 24.8 Å². The zero-order chi connectivity index (χ0) is 6.81. The van der Waals surface area contributed by atoms with Crippen LogP contribution in [0.4, 0.5) is 0 Å². The van der Waals surface area contributed by atoms with Crippen LogP contribution < -0.4 is 0 Å². The second-order valence-corrected chi connectivity index (χ2v) is 2.34. The van der Waals surface area contributed by atoms with Crippen LogP contribution in [0.3, 0.4) is 0 Å². The maximum atomic E-state index is 3.97. The van der Waals surface area contributed by atoms with Crippen molar-refractivity contribution in [2.75, 3.05) is 0 Å². The summed E-state index contributed by atoms with van der Waals surface area (Å²) in [6, 6.07) is 0. The lowest BCUT2D eigenvalue weighted by Gasteiger charge is -1.80. The van der Waals surface area contributed by atoms with E-state index in [-0.39, 0.29) is 0 Å². The number of nitrogens with one attached hydrogen (secondary N) is 1. The summed E-state index contributed by atoms with van der Waals surface area (Å²) >= 11 is 1.21. The molecule has 0 spiro atoms. The first-order valence-corrected chi connectivity index (χ1v) is 3.39. The van der Waals surface area contributed by atoms with Gasteiger partial charge in [0.25, 0.3) is 0 Å². The predicted molar refractivity (Wildman–Crippen MR) is 35.3 cm³/mol. The zero-order valence-electron chi connectivity index (χ0n) is 4.85. The highest BCUT2D eigenvalue weighted by atomic mass is 32.1. The van der Waals surface area contributed by atoms with Gasteiger partial charge in [-0.15, -0.1) is 5.10 Å². The third-order valence-corrected chi connectivity index (χ3v) is 1.60. The second kappa shape index (κ2) is 2.14. The van der Waals surface area contributed by atoms with E-state index in [0.29, 0.717) is 5.01 Å². The Labute approximate surface area is 60.3 Å².